The van der Waals surface area contributed by atoms with Crippen LogP contribution in [0.5, 0.6) is 0 Å². The van der Waals surface area contributed by atoms with Crippen LogP contribution in [0.3, 0.4) is 0 Å². The fourth-order valence-electron chi connectivity index (χ4n) is 1.37. The van der Waals surface area contributed by atoms with E-state index in [9.17, 15) is 4.79 Å². The molecule has 70 valence electrons. The minimum absolute atomic E-state index is 0.0370. The lowest BCUT2D eigenvalue weighted by molar-refractivity contribution is -0.123. The summed E-state index contributed by atoms with van der Waals surface area (Å²) in [5, 5.41) is 5.97. The van der Waals surface area contributed by atoms with Crippen molar-refractivity contribution in [3.05, 3.63) is 0 Å². The van der Waals surface area contributed by atoms with Gasteiger partial charge in [-0.15, -0.1) is 0 Å². The Morgan fingerprint density at radius 2 is 2.00 bits per heavy atom. The zero-order chi connectivity index (χ0) is 9.14. The van der Waals surface area contributed by atoms with Crippen molar-refractivity contribution in [2.75, 3.05) is 7.05 Å². The van der Waals surface area contributed by atoms with Gasteiger partial charge in [0.25, 0.3) is 0 Å². The quantitative estimate of drug-likeness (QED) is 0.645. The fraction of sp³-hybridized carbons (Fsp3) is 0.889. The van der Waals surface area contributed by atoms with Crippen LogP contribution in [-0.4, -0.2) is 25.0 Å². The molecule has 0 aromatic heterocycles. The van der Waals surface area contributed by atoms with Crippen molar-refractivity contribution < 1.29 is 4.79 Å². The summed E-state index contributed by atoms with van der Waals surface area (Å²) in [5.41, 5.74) is 0. The predicted molar refractivity (Wildman–Crippen MR) is 48.9 cm³/mol. The highest BCUT2D eigenvalue weighted by molar-refractivity contribution is 5.82. The van der Waals surface area contributed by atoms with Crippen molar-refractivity contribution in [2.45, 2.75) is 38.8 Å². The zero-order valence-corrected chi connectivity index (χ0v) is 8.05. The van der Waals surface area contributed by atoms with Gasteiger partial charge in [0.1, 0.15) is 0 Å². The molecule has 12 heavy (non-hydrogen) atoms. The van der Waals surface area contributed by atoms with Crippen LogP contribution in [0.4, 0.5) is 0 Å². The Kier molecular flexibility index (Phi) is 3.09. The molecule has 1 aliphatic rings. The molecule has 1 aliphatic carbocycles. The summed E-state index contributed by atoms with van der Waals surface area (Å²) >= 11 is 0. The van der Waals surface area contributed by atoms with E-state index in [4.69, 9.17) is 0 Å². The molecule has 3 heteroatoms. The second-order valence-electron chi connectivity index (χ2n) is 3.75. The molecule has 0 heterocycles. The number of nitrogens with one attached hydrogen (secondary N) is 2. The largest absolute Gasteiger partial charge is 0.358 e. The SMILES string of the molecule is CNC(=O)[C@H](NC(C)C)C1CC1. The molecule has 1 amide bonds. The van der Waals surface area contributed by atoms with Crippen molar-refractivity contribution in [3.8, 4) is 0 Å². The van der Waals surface area contributed by atoms with Gasteiger partial charge in [-0.3, -0.25) is 4.79 Å². The van der Waals surface area contributed by atoms with E-state index < -0.39 is 0 Å². The van der Waals surface area contributed by atoms with Crippen molar-refractivity contribution in [3.63, 3.8) is 0 Å². The van der Waals surface area contributed by atoms with Gasteiger partial charge in [0.05, 0.1) is 6.04 Å². The van der Waals surface area contributed by atoms with Gasteiger partial charge in [0, 0.05) is 13.1 Å². The predicted octanol–water partition coefficient (Wildman–Crippen LogP) is 0.509. The lowest BCUT2D eigenvalue weighted by Gasteiger charge is -2.18. The molecule has 0 unspecified atom stereocenters. The fourth-order valence-corrected chi connectivity index (χ4v) is 1.37. The van der Waals surface area contributed by atoms with Gasteiger partial charge in [-0.05, 0) is 18.8 Å². The van der Waals surface area contributed by atoms with Gasteiger partial charge in [-0.25, -0.2) is 0 Å². The molecule has 0 bridgehead atoms. The van der Waals surface area contributed by atoms with Crippen LogP contribution in [0, 0.1) is 5.92 Å². The maximum Gasteiger partial charge on any atom is 0.237 e. The topological polar surface area (TPSA) is 41.1 Å². The Bertz CT molecular complexity index is 164. The zero-order valence-electron chi connectivity index (χ0n) is 8.05. The number of rotatable bonds is 4. The van der Waals surface area contributed by atoms with Crippen LogP contribution in [0.2, 0.25) is 0 Å². The number of hydrogen-bond donors (Lipinski definition) is 2. The van der Waals surface area contributed by atoms with Gasteiger partial charge in [0.15, 0.2) is 0 Å². The van der Waals surface area contributed by atoms with E-state index in [-0.39, 0.29) is 11.9 Å². The normalized spacial score (nSPS) is 19.3. The molecular weight excluding hydrogens is 152 g/mol. The average Bonchev–Trinajstić information content (AvgIpc) is 2.81. The summed E-state index contributed by atoms with van der Waals surface area (Å²) in [6, 6.07) is 0.419. The molecule has 0 radical (unpaired) electrons. The second-order valence-corrected chi connectivity index (χ2v) is 3.75. The number of hydrogen-bond acceptors (Lipinski definition) is 2. The minimum Gasteiger partial charge on any atom is -0.358 e. The van der Waals surface area contributed by atoms with Crippen LogP contribution in [0.1, 0.15) is 26.7 Å². The Labute approximate surface area is 73.9 Å². The lowest BCUT2D eigenvalue weighted by atomic mass is 10.1. The van der Waals surface area contributed by atoms with E-state index in [0.717, 1.165) is 0 Å². The van der Waals surface area contributed by atoms with Crippen molar-refractivity contribution in [2.24, 2.45) is 5.92 Å². The van der Waals surface area contributed by atoms with Crippen molar-refractivity contribution >= 4 is 5.91 Å². The highest BCUT2D eigenvalue weighted by Gasteiger charge is 2.35. The standard InChI is InChI=1S/C9H18N2O/c1-6(2)11-8(7-4-5-7)9(12)10-3/h6-8,11H,4-5H2,1-3H3,(H,10,12)/t8-/m1/s1. The van der Waals surface area contributed by atoms with E-state index in [1.165, 1.54) is 12.8 Å². The summed E-state index contributed by atoms with van der Waals surface area (Å²) in [5.74, 6) is 0.707. The first-order valence-corrected chi connectivity index (χ1v) is 4.62. The number of carbonyl (C=O) groups excluding carboxylic acids is 1. The third kappa shape index (κ3) is 2.48. The van der Waals surface area contributed by atoms with Gasteiger partial charge >= 0.3 is 0 Å². The molecule has 1 atom stereocenters. The monoisotopic (exact) mass is 170 g/mol. The van der Waals surface area contributed by atoms with Crippen molar-refractivity contribution in [1.82, 2.24) is 10.6 Å². The molecule has 0 aliphatic heterocycles. The van der Waals surface area contributed by atoms with Crippen molar-refractivity contribution in [1.29, 1.82) is 0 Å². The third-order valence-corrected chi connectivity index (χ3v) is 2.14. The summed E-state index contributed by atoms with van der Waals surface area (Å²) in [6.07, 6.45) is 2.38. The Balaban J connectivity index is 2.42. The molecule has 1 saturated carbocycles. The average molecular weight is 170 g/mol. The maximum atomic E-state index is 11.4. The van der Waals surface area contributed by atoms with E-state index in [1.54, 1.807) is 7.05 Å². The van der Waals surface area contributed by atoms with Crippen LogP contribution >= 0.6 is 0 Å². The summed E-state index contributed by atoms with van der Waals surface area (Å²) < 4.78 is 0. The molecule has 3 nitrogen and oxygen atoms in total. The molecule has 2 N–H and O–H groups in total. The molecular formula is C9H18N2O. The van der Waals surface area contributed by atoms with E-state index >= 15 is 0 Å². The number of amides is 1. The van der Waals surface area contributed by atoms with Gasteiger partial charge in [-0.1, -0.05) is 13.8 Å². The summed E-state index contributed by atoms with van der Waals surface area (Å²) in [6.45, 7) is 4.14. The first-order chi connectivity index (χ1) is 5.65. The lowest BCUT2D eigenvalue weighted by Crippen LogP contribution is -2.47. The maximum absolute atomic E-state index is 11.4. The third-order valence-electron chi connectivity index (χ3n) is 2.14. The smallest absolute Gasteiger partial charge is 0.237 e. The van der Waals surface area contributed by atoms with Gasteiger partial charge in [-0.2, -0.15) is 0 Å². The number of likely N-dealkylation sites (N-methyl/N-ethyl adjacent to an activating group) is 1. The second kappa shape index (κ2) is 3.90. The van der Waals surface area contributed by atoms with E-state index in [1.807, 2.05) is 0 Å². The summed E-state index contributed by atoms with van der Waals surface area (Å²) in [7, 11) is 1.69. The molecule has 0 saturated heterocycles. The first kappa shape index (κ1) is 9.52. The summed E-state index contributed by atoms with van der Waals surface area (Å²) in [4.78, 5) is 11.4. The van der Waals surface area contributed by atoms with Crippen LogP contribution < -0.4 is 10.6 Å². The number of carbonyl (C=O) groups is 1. The Morgan fingerprint density at radius 1 is 1.42 bits per heavy atom. The Hall–Kier alpha value is -0.570. The molecule has 0 spiro atoms. The first-order valence-electron chi connectivity index (χ1n) is 4.62. The van der Waals surface area contributed by atoms with E-state index in [2.05, 4.69) is 24.5 Å². The van der Waals surface area contributed by atoms with Gasteiger partial charge in [0.2, 0.25) is 5.91 Å². The van der Waals surface area contributed by atoms with E-state index in [0.29, 0.717) is 12.0 Å². The molecule has 0 aromatic carbocycles. The van der Waals surface area contributed by atoms with Crippen LogP contribution in [0.15, 0.2) is 0 Å². The minimum atomic E-state index is 0.0370. The van der Waals surface area contributed by atoms with Crippen LogP contribution in [-0.2, 0) is 4.79 Å². The van der Waals surface area contributed by atoms with Gasteiger partial charge < -0.3 is 10.6 Å². The highest BCUT2D eigenvalue weighted by atomic mass is 16.2. The van der Waals surface area contributed by atoms with Crippen LogP contribution in [0.25, 0.3) is 0 Å². The molecule has 1 fully saturated rings. The highest BCUT2D eigenvalue weighted by Crippen LogP contribution is 2.32. The molecule has 1 rings (SSSR count). The Morgan fingerprint density at radius 3 is 2.33 bits per heavy atom. The molecule has 0 aromatic rings.